The van der Waals surface area contributed by atoms with Crippen LogP contribution in [-0.2, 0) is 6.67 Å². The van der Waals surface area contributed by atoms with E-state index in [1.165, 1.54) is 0 Å². The Kier molecular flexibility index (Phi) is 1.24. The number of hydrogen-bond acceptors (Lipinski definition) is 3. The van der Waals surface area contributed by atoms with E-state index in [2.05, 4.69) is 14.7 Å². The van der Waals surface area contributed by atoms with E-state index < -0.39 is 6.67 Å². The van der Waals surface area contributed by atoms with Crippen LogP contribution >= 0.6 is 0 Å². The Morgan fingerprint density at radius 1 is 1.75 bits per heavy atom. The molecule has 0 bridgehead atoms. The van der Waals surface area contributed by atoms with Gasteiger partial charge in [0, 0.05) is 0 Å². The smallest absolute Gasteiger partial charge is 0.258 e. The van der Waals surface area contributed by atoms with Crippen LogP contribution in [0.2, 0.25) is 0 Å². The fourth-order valence-corrected chi connectivity index (χ4v) is 0.394. The summed E-state index contributed by atoms with van der Waals surface area (Å²) in [7, 11) is 0. The van der Waals surface area contributed by atoms with Crippen LogP contribution in [0, 0.1) is 6.92 Å². The van der Waals surface area contributed by atoms with Crippen molar-refractivity contribution in [2.45, 2.75) is 13.6 Å². The highest BCUT2D eigenvalue weighted by atomic mass is 19.1. The minimum absolute atomic E-state index is 0.0440. The first-order valence-electron chi connectivity index (χ1n) is 2.18. The molecule has 0 saturated carbocycles. The SMILES string of the molecule is Cc1noc(CF)n1. The first kappa shape index (κ1) is 5.21. The van der Waals surface area contributed by atoms with Gasteiger partial charge in [-0.15, -0.1) is 0 Å². The lowest BCUT2D eigenvalue weighted by Crippen LogP contribution is -1.75. The minimum Gasteiger partial charge on any atom is -0.336 e. The molecule has 0 spiro atoms. The normalized spacial score (nSPS) is 9.75. The summed E-state index contributed by atoms with van der Waals surface area (Å²) in [5.41, 5.74) is 0. The summed E-state index contributed by atoms with van der Waals surface area (Å²) in [5, 5.41) is 3.36. The Morgan fingerprint density at radius 2 is 2.50 bits per heavy atom. The average molecular weight is 116 g/mol. The van der Waals surface area contributed by atoms with Gasteiger partial charge in [0.05, 0.1) is 0 Å². The Morgan fingerprint density at radius 3 is 2.75 bits per heavy atom. The van der Waals surface area contributed by atoms with E-state index in [1.54, 1.807) is 6.92 Å². The Bertz CT molecular complexity index is 174. The molecule has 1 aromatic heterocycles. The zero-order valence-corrected chi connectivity index (χ0v) is 4.39. The molecule has 3 nitrogen and oxygen atoms in total. The van der Waals surface area contributed by atoms with E-state index in [0.29, 0.717) is 5.82 Å². The third-order valence-electron chi connectivity index (χ3n) is 0.684. The lowest BCUT2D eigenvalue weighted by atomic mass is 10.7. The number of hydrogen-bond donors (Lipinski definition) is 0. The molecule has 0 saturated heterocycles. The number of halogens is 1. The van der Waals surface area contributed by atoms with Crippen molar-refractivity contribution in [1.29, 1.82) is 0 Å². The van der Waals surface area contributed by atoms with Gasteiger partial charge in [-0.2, -0.15) is 4.98 Å². The summed E-state index contributed by atoms with van der Waals surface area (Å²) in [6, 6.07) is 0. The van der Waals surface area contributed by atoms with Gasteiger partial charge in [-0.1, -0.05) is 5.16 Å². The predicted molar refractivity (Wildman–Crippen MR) is 23.8 cm³/mol. The van der Waals surface area contributed by atoms with Gasteiger partial charge in [0.25, 0.3) is 5.89 Å². The zero-order chi connectivity index (χ0) is 5.98. The summed E-state index contributed by atoms with van der Waals surface area (Å²) in [4.78, 5) is 3.58. The Labute approximate surface area is 45.5 Å². The number of alkyl halides is 1. The summed E-state index contributed by atoms with van der Waals surface area (Å²) < 4.78 is 15.9. The maximum atomic E-state index is 11.5. The monoisotopic (exact) mass is 116 g/mol. The molecule has 1 heterocycles. The van der Waals surface area contributed by atoms with Gasteiger partial charge >= 0.3 is 0 Å². The molecule has 0 amide bonds. The van der Waals surface area contributed by atoms with Crippen LogP contribution in [0.4, 0.5) is 4.39 Å². The lowest BCUT2D eigenvalue weighted by Gasteiger charge is -1.72. The molecule has 0 aromatic carbocycles. The highest BCUT2D eigenvalue weighted by Gasteiger charge is 1.97. The van der Waals surface area contributed by atoms with Crippen LogP contribution in [0.15, 0.2) is 4.52 Å². The zero-order valence-electron chi connectivity index (χ0n) is 4.39. The van der Waals surface area contributed by atoms with Crippen LogP contribution < -0.4 is 0 Å². The molecule has 0 atom stereocenters. The van der Waals surface area contributed by atoms with Crippen LogP contribution in [0.1, 0.15) is 11.7 Å². The summed E-state index contributed by atoms with van der Waals surface area (Å²) >= 11 is 0. The lowest BCUT2D eigenvalue weighted by molar-refractivity contribution is 0.321. The van der Waals surface area contributed by atoms with Gasteiger partial charge < -0.3 is 4.52 Å². The van der Waals surface area contributed by atoms with E-state index in [4.69, 9.17) is 0 Å². The van der Waals surface area contributed by atoms with Crippen LogP contribution in [0.25, 0.3) is 0 Å². The molecule has 4 heteroatoms. The van der Waals surface area contributed by atoms with Crippen LogP contribution in [-0.4, -0.2) is 10.1 Å². The van der Waals surface area contributed by atoms with Crippen molar-refractivity contribution in [1.82, 2.24) is 10.1 Å². The number of aromatic nitrogens is 2. The van der Waals surface area contributed by atoms with Gasteiger partial charge in [0.1, 0.15) is 0 Å². The predicted octanol–water partition coefficient (Wildman–Crippen LogP) is 0.848. The van der Waals surface area contributed by atoms with Crippen molar-refractivity contribution in [3.8, 4) is 0 Å². The van der Waals surface area contributed by atoms with Crippen molar-refractivity contribution < 1.29 is 8.91 Å². The third kappa shape index (κ3) is 0.828. The molecule has 0 aliphatic heterocycles. The second-order valence-corrected chi connectivity index (χ2v) is 1.37. The summed E-state index contributed by atoms with van der Waals surface area (Å²) in [5.74, 6) is 0.514. The van der Waals surface area contributed by atoms with E-state index in [1.807, 2.05) is 0 Å². The molecule has 0 radical (unpaired) electrons. The molecule has 0 aliphatic rings. The second kappa shape index (κ2) is 1.90. The molecule has 0 aliphatic carbocycles. The van der Waals surface area contributed by atoms with E-state index in [9.17, 15) is 4.39 Å². The van der Waals surface area contributed by atoms with Crippen molar-refractivity contribution in [3.05, 3.63) is 11.7 Å². The summed E-state index contributed by atoms with van der Waals surface area (Å²) in [6.45, 7) is 0.962. The van der Waals surface area contributed by atoms with E-state index in [-0.39, 0.29) is 5.89 Å². The largest absolute Gasteiger partial charge is 0.336 e. The summed E-state index contributed by atoms with van der Waals surface area (Å²) in [6.07, 6.45) is 0. The number of rotatable bonds is 1. The molecule has 0 N–H and O–H groups in total. The molecule has 0 unspecified atom stereocenters. The fourth-order valence-electron chi connectivity index (χ4n) is 0.394. The molecule has 0 fully saturated rings. The highest BCUT2D eigenvalue weighted by molar-refractivity contribution is 4.79. The Balaban J connectivity index is 2.84. The molecule has 1 aromatic rings. The van der Waals surface area contributed by atoms with Crippen molar-refractivity contribution in [3.63, 3.8) is 0 Å². The molecular formula is C4H5FN2O. The second-order valence-electron chi connectivity index (χ2n) is 1.37. The van der Waals surface area contributed by atoms with E-state index >= 15 is 0 Å². The molecule has 44 valence electrons. The molecule has 1 rings (SSSR count). The first-order valence-corrected chi connectivity index (χ1v) is 2.18. The van der Waals surface area contributed by atoms with E-state index in [0.717, 1.165) is 0 Å². The average Bonchev–Trinajstić information content (AvgIpc) is 2.14. The van der Waals surface area contributed by atoms with Gasteiger partial charge in [0.2, 0.25) is 0 Å². The fraction of sp³-hybridized carbons (Fsp3) is 0.500. The van der Waals surface area contributed by atoms with Gasteiger partial charge in [-0.05, 0) is 6.92 Å². The van der Waals surface area contributed by atoms with Crippen molar-refractivity contribution in [2.75, 3.05) is 0 Å². The molecular weight excluding hydrogens is 111 g/mol. The number of aryl methyl sites for hydroxylation is 1. The topological polar surface area (TPSA) is 38.9 Å². The maximum Gasteiger partial charge on any atom is 0.258 e. The van der Waals surface area contributed by atoms with Gasteiger partial charge in [0.15, 0.2) is 12.5 Å². The van der Waals surface area contributed by atoms with Gasteiger partial charge in [-0.25, -0.2) is 4.39 Å². The Hall–Kier alpha value is -0.930. The quantitative estimate of drug-likeness (QED) is 0.546. The van der Waals surface area contributed by atoms with Crippen molar-refractivity contribution in [2.24, 2.45) is 0 Å². The third-order valence-corrected chi connectivity index (χ3v) is 0.684. The molecule has 8 heavy (non-hydrogen) atoms. The minimum atomic E-state index is -0.680. The first-order chi connectivity index (χ1) is 3.83. The number of nitrogens with zero attached hydrogens (tertiary/aromatic N) is 2. The maximum absolute atomic E-state index is 11.5. The van der Waals surface area contributed by atoms with Crippen molar-refractivity contribution >= 4 is 0 Å². The highest BCUT2D eigenvalue weighted by Crippen LogP contribution is 1.95. The van der Waals surface area contributed by atoms with Crippen LogP contribution in [0.3, 0.4) is 0 Å². The van der Waals surface area contributed by atoms with Crippen LogP contribution in [0.5, 0.6) is 0 Å². The standard InChI is InChI=1S/C4H5FN2O/c1-3-6-4(2-5)8-7-3/h2H2,1H3. The van der Waals surface area contributed by atoms with Gasteiger partial charge in [-0.3, -0.25) is 0 Å².